The number of carbonyl (C=O) groups excluding carboxylic acids is 1. The second-order valence-corrected chi connectivity index (χ2v) is 17.8. The third kappa shape index (κ3) is 19.6. The van der Waals surface area contributed by atoms with Gasteiger partial charge in [0, 0.05) is 0 Å². The lowest BCUT2D eigenvalue weighted by Gasteiger charge is -2.20. The average molecular weight is 935 g/mol. The molecule has 0 saturated heterocycles. The van der Waals surface area contributed by atoms with Crippen molar-refractivity contribution in [3.63, 3.8) is 0 Å². The summed E-state index contributed by atoms with van der Waals surface area (Å²) in [6.07, 6.45) is 18.8. The first-order valence-corrected chi connectivity index (χ1v) is 25.6. The molecule has 5 aromatic rings. The fourth-order valence-electron chi connectivity index (χ4n) is 7.84. The number of hydrogen-bond acceptors (Lipinski definition) is 9. The number of benzene rings is 5. The molecular formula is C60H74N2O7. The van der Waals surface area contributed by atoms with Crippen molar-refractivity contribution >= 4 is 5.97 Å². The van der Waals surface area contributed by atoms with E-state index in [-0.39, 0.29) is 6.61 Å². The summed E-state index contributed by atoms with van der Waals surface area (Å²) in [5.41, 5.74) is 6.11. The molecule has 9 nitrogen and oxygen atoms in total. The van der Waals surface area contributed by atoms with Gasteiger partial charge in [-0.2, -0.15) is 10.5 Å². The minimum Gasteiger partial charge on any atom is -0.494 e. The minimum absolute atomic E-state index is 0.286. The van der Waals surface area contributed by atoms with Gasteiger partial charge in [-0.15, -0.1) is 0 Å². The van der Waals surface area contributed by atoms with E-state index >= 15 is 0 Å². The Morgan fingerprint density at radius 2 is 0.812 bits per heavy atom. The lowest BCUT2D eigenvalue weighted by Crippen LogP contribution is -2.12. The molecule has 0 saturated carbocycles. The van der Waals surface area contributed by atoms with Gasteiger partial charge in [0.05, 0.1) is 68.5 Å². The lowest BCUT2D eigenvalue weighted by atomic mass is 10.0. The molecule has 0 heterocycles. The maximum atomic E-state index is 12.9. The highest BCUT2D eigenvalue weighted by Gasteiger charge is 2.20. The topological polar surface area (TPSA) is 120 Å². The number of hydrogen-bond donors (Lipinski definition) is 0. The van der Waals surface area contributed by atoms with Crippen LogP contribution in [0.2, 0.25) is 0 Å². The molecule has 0 aliphatic carbocycles. The summed E-state index contributed by atoms with van der Waals surface area (Å²) in [7, 11) is 0. The fourth-order valence-corrected chi connectivity index (χ4v) is 7.84. The standard InChI is InChI=1S/C60H74N2O7/c1-4-47(3)46-69-58-43-54(60(63)64-5-2)42-57(67-40-20-16-12-8-6-10-14-18-38-65-55-34-30-52(31-35-55)50-26-22-48(44-61)23-27-50)59(58)68-41-21-17-13-9-7-11-15-19-39-66-56-36-32-53(33-37-56)51-28-24-49(45-62)25-29-51/h22-37,42-43,47H,4-21,38-41,46H2,1-3H3/t47-/m0/s1. The van der Waals surface area contributed by atoms with E-state index in [1.54, 1.807) is 12.1 Å². The SMILES string of the molecule is CCOC(=O)c1cc(OCCCCCCCCCCOc2ccc(-c3ccc(C#N)cc3)cc2)c(OCCCCCCCCCCOc2ccc(-c3ccc(C#N)cc3)cc2)c(OC[C@@H](C)CC)c1. The number of unbranched alkanes of at least 4 members (excludes halogenated alkanes) is 14. The normalized spacial score (nSPS) is 11.3. The van der Waals surface area contributed by atoms with Crippen molar-refractivity contribution in [2.75, 3.05) is 39.6 Å². The number of nitrogens with zero attached hydrogens (tertiary/aromatic N) is 2. The van der Waals surface area contributed by atoms with Crippen LogP contribution in [0.4, 0.5) is 0 Å². The summed E-state index contributed by atoms with van der Waals surface area (Å²) in [5.74, 6) is 3.34. The molecule has 0 bridgehead atoms. The van der Waals surface area contributed by atoms with Crippen molar-refractivity contribution in [3.8, 4) is 63.1 Å². The van der Waals surface area contributed by atoms with Crippen LogP contribution in [0.25, 0.3) is 22.3 Å². The number of carbonyl (C=O) groups is 1. The van der Waals surface area contributed by atoms with Crippen LogP contribution in [0.5, 0.6) is 28.7 Å². The van der Waals surface area contributed by atoms with Gasteiger partial charge in [-0.1, -0.05) is 146 Å². The summed E-state index contributed by atoms with van der Waals surface area (Å²) in [5, 5.41) is 18.1. The van der Waals surface area contributed by atoms with Crippen molar-refractivity contribution in [2.24, 2.45) is 5.92 Å². The van der Waals surface area contributed by atoms with E-state index in [4.69, 9.17) is 38.9 Å². The van der Waals surface area contributed by atoms with Crippen molar-refractivity contribution < 1.29 is 33.2 Å². The van der Waals surface area contributed by atoms with Crippen molar-refractivity contribution in [1.29, 1.82) is 10.5 Å². The highest BCUT2D eigenvalue weighted by molar-refractivity contribution is 5.91. The Labute approximate surface area is 412 Å². The van der Waals surface area contributed by atoms with Gasteiger partial charge < -0.3 is 28.4 Å². The molecule has 0 unspecified atom stereocenters. The lowest BCUT2D eigenvalue weighted by molar-refractivity contribution is 0.0525. The van der Waals surface area contributed by atoms with E-state index in [0.717, 1.165) is 104 Å². The second kappa shape index (κ2) is 31.6. The summed E-state index contributed by atoms with van der Waals surface area (Å²) in [4.78, 5) is 12.9. The van der Waals surface area contributed by atoms with Crippen LogP contribution in [0.1, 0.15) is 151 Å². The maximum absolute atomic E-state index is 12.9. The van der Waals surface area contributed by atoms with Crippen LogP contribution in [0.15, 0.2) is 109 Å². The smallest absolute Gasteiger partial charge is 0.338 e. The van der Waals surface area contributed by atoms with Gasteiger partial charge in [0.25, 0.3) is 0 Å². The van der Waals surface area contributed by atoms with Gasteiger partial charge in [-0.05, 0) is 121 Å². The molecule has 1 atom stereocenters. The Morgan fingerprint density at radius 1 is 0.464 bits per heavy atom. The van der Waals surface area contributed by atoms with Crippen molar-refractivity contribution in [2.45, 2.75) is 130 Å². The largest absolute Gasteiger partial charge is 0.494 e. The van der Waals surface area contributed by atoms with E-state index in [1.807, 2.05) is 79.7 Å². The predicted octanol–water partition coefficient (Wildman–Crippen LogP) is 15.5. The number of nitriles is 2. The van der Waals surface area contributed by atoms with Crippen LogP contribution in [-0.2, 0) is 4.74 Å². The molecule has 366 valence electrons. The summed E-state index contributed by atoms with van der Waals surface area (Å²) in [6.45, 7) is 9.40. The first kappa shape index (κ1) is 53.5. The summed E-state index contributed by atoms with van der Waals surface area (Å²) >= 11 is 0. The molecular weight excluding hydrogens is 861 g/mol. The third-order valence-corrected chi connectivity index (χ3v) is 12.3. The van der Waals surface area contributed by atoms with Gasteiger partial charge in [0.2, 0.25) is 5.75 Å². The minimum atomic E-state index is -0.400. The first-order chi connectivity index (χ1) is 33.9. The highest BCUT2D eigenvalue weighted by atomic mass is 16.5. The van der Waals surface area contributed by atoms with Gasteiger partial charge >= 0.3 is 5.97 Å². The molecule has 5 rings (SSSR count). The second-order valence-electron chi connectivity index (χ2n) is 17.8. The van der Waals surface area contributed by atoms with Crippen LogP contribution in [0, 0.1) is 28.6 Å². The quantitative estimate of drug-likeness (QED) is 0.0293. The zero-order valence-corrected chi connectivity index (χ0v) is 41.5. The van der Waals surface area contributed by atoms with Crippen molar-refractivity contribution in [3.05, 3.63) is 126 Å². The van der Waals surface area contributed by atoms with E-state index in [1.165, 1.54) is 38.5 Å². The van der Waals surface area contributed by atoms with E-state index in [2.05, 4.69) is 50.3 Å². The Kier molecular flexibility index (Phi) is 24.5. The van der Waals surface area contributed by atoms with Crippen molar-refractivity contribution in [1.82, 2.24) is 0 Å². The summed E-state index contributed by atoms with van der Waals surface area (Å²) in [6, 6.07) is 39.4. The average Bonchev–Trinajstić information content (AvgIpc) is 3.39. The van der Waals surface area contributed by atoms with Gasteiger partial charge in [-0.25, -0.2) is 4.79 Å². The molecule has 0 fully saturated rings. The molecule has 0 aliphatic heterocycles. The Balaban J connectivity index is 0.954. The van der Waals surface area contributed by atoms with Crippen LogP contribution >= 0.6 is 0 Å². The molecule has 0 aromatic heterocycles. The monoisotopic (exact) mass is 935 g/mol. The molecule has 0 radical (unpaired) electrons. The third-order valence-electron chi connectivity index (χ3n) is 12.3. The van der Waals surface area contributed by atoms with Gasteiger partial charge in [0.1, 0.15) is 11.5 Å². The first-order valence-electron chi connectivity index (χ1n) is 25.6. The van der Waals surface area contributed by atoms with Crippen LogP contribution in [-0.4, -0.2) is 45.6 Å². The summed E-state index contributed by atoms with van der Waals surface area (Å²) < 4.78 is 36.5. The Bertz CT molecular complexity index is 2300. The maximum Gasteiger partial charge on any atom is 0.338 e. The zero-order chi connectivity index (χ0) is 48.7. The van der Waals surface area contributed by atoms with Crippen LogP contribution in [0.3, 0.4) is 0 Å². The zero-order valence-electron chi connectivity index (χ0n) is 41.5. The molecule has 69 heavy (non-hydrogen) atoms. The number of esters is 1. The van der Waals surface area contributed by atoms with Crippen LogP contribution < -0.4 is 23.7 Å². The van der Waals surface area contributed by atoms with E-state index in [0.29, 0.717) is 72.9 Å². The Morgan fingerprint density at radius 3 is 1.19 bits per heavy atom. The van der Waals surface area contributed by atoms with E-state index in [9.17, 15) is 4.79 Å². The molecule has 0 aliphatic rings. The molecule has 9 heteroatoms. The predicted molar refractivity (Wildman–Crippen MR) is 276 cm³/mol. The molecule has 0 N–H and O–H groups in total. The van der Waals surface area contributed by atoms with Gasteiger partial charge in [0.15, 0.2) is 11.5 Å². The molecule has 5 aromatic carbocycles. The van der Waals surface area contributed by atoms with Gasteiger partial charge in [-0.3, -0.25) is 0 Å². The number of ether oxygens (including phenoxy) is 6. The Hall–Kier alpha value is -6.45. The van der Waals surface area contributed by atoms with E-state index < -0.39 is 5.97 Å². The fraction of sp³-hybridized carbons (Fsp3) is 0.450. The molecule has 0 spiro atoms. The number of rotatable bonds is 34. The highest BCUT2D eigenvalue weighted by Crippen LogP contribution is 2.40. The molecule has 0 amide bonds.